The van der Waals surface area contributed by atoms with Crippen molar-refractivity contribution in [1.29, 1.82) is 0 Å². The summed E-state index contributed by atoms with van der Waals surface area (Å²) in [6, 6.07) is 17.1. The summed E-state index contributed by atoms with van der Waals surface area (Å²) in [7, 11) is -2.41. The van der Waals surface area contributed by atoms with E-state index in [0.29, 0.717) is 29.6 Å². The van der Waals surface area contributed by atoms with E-state index in [-0.39, 0.29) is 5.75 Å². The van der Waals surface area contributed by atoms with Gasteiger partial charge < -0.3 is 24.9 Å². The molecular weight excluding hydrogens is 366 g/mol. The normalized spacial score (nSPS) is 13.6. The van der Waals surface area contributed by atoms with Crippen LogP contribution in [0.4, 0.5) is 0 Å². The summed E-state index contributed by atoms with van der Waals surface area (Å²) in [5, 5.41) is 9.32. The van der Waals surface area contributed by atoms with Crippen molar-refractivity contribution in [2.24, 2.45) is 16.5 Å². The molecule has 0 saturated carbocycles. The highest BCUT2D eigenvalue weighted by molar-refractivity contribution is 8.26. The van der Waals surface area contributed by atoms with Crippen molar-refractivity contribution < 1.29 is 18.3 Å². The van der Waals surface area contributed by atoms with Gasteiger partial charge in [0.15, 0.2) is 11.5 Å². The van der Waals surface area contributed by atoms with Gasteiger partial charge in [0.25, 0.3) is 0 Å². The number of para-hydroxylation sites is 2. The zero-order valence-electron chi connectivity index (χ0n) is 15.2. The van der Waals surface area contributed by atoms with Gasteiger partial charge >= 0.3 is 5.97 Å². The van der Waals surface area contributed by atoms with E-state index in [1.807, 2.05) is 36.4 Å². The molecule has 0 amide bonds. The Hall–Kier alpha value is -2.71. The van der Waals surface area contributed by atoms with Crippen LogP contribution in [-0.2, 0) is 4.79 Å². The highest BCUT2D eigenvalue weighted by Crippen LogP contribution is 2.50. The van der Waals surface area contributed by atoms with Gasteiger partial charge in [0.05, 0.1) is 23.9 Å². The summed E-state index contributed by atoms with van der Waals surface area (Å²) in [6.45, 7) is 2.03. The second-order valence-corrected chi connectivity index (χ2v) is 8.44. The van der Waals surface area contributed by atoms with Crippen molar-refractivity contribution in [2.45, 2.75) is 13.0 Å². The number of nitrogens with two attached hydrogens (primary N) is 2. The first-order valence-electron chi connectivity index (χ1n) is 8.43. The molecule has 0 bridgehead atoms. The molecule has 0 fully saturated rings. The topological polar surface area (TPSA) is 120 Å². The van der Waals surface area contributed by atoms with Gasteiger partial charge in [-0.2, -0.15) is 0 Å². The fraction of sp³-hybridized carbons (Fsp3) is 0.263. The largest absolute Gasteiger partial charge is 0.480 e. The first-order valence-corrected chi connectivity index (χ1v) is 10.2. The van der Waals surface area contributed by atoms with Crippen LogP contribution in [0.2, 0.25) is 0 Å². The Morgan fingerprint density at radius 3 is 1.96 bits per heavy atom. The van der Waals surface area contributed by atoms with Gasteiger partial charge in [-0.15, -0.1) is 10.6 Å². The number of aliphatic imine (C=N–C) groups is 1. The second kappa shape index (κ2) is 9.84. The van der Waals surface area contributed by atoms with E-state index < -0.39 is 22.6 Å². The molecule has 0 radical (unpaired) electrons. The highest BCUT2D eigenvalue weighted by atomic mass is 32.3. The fourth-order valence-corrected chi connectivity index (χ4v) is 4.75. The third kappa shape index (κ3) is 6.84. The number of aliphatic carboxylic acids is 1. The SMILES string of the molecule is CC(N)=NCCS(C[C@H](N)C(=O)O)(Oc1ccccc1)Oc1ccccc1. The Morgan fingerprint density at radius 1 is 1.07 bits per heavy atom. The molecule has 5 N–H and O–H groups in total. The Bertz CT molecular complexity index is 711. The van der Waals surface area contributed by atoms with Crippen LogP contribution in [0.1, 0.15) is 6.92 Å². The Balaban J connectivity index is 2.37. The van der Waals surface area contributed by atoms with Crippen LogP contribution in [-0.4, -0.2) is 41.0 Å². The van der Waals surface area contributed by atoms with Gasteiger partial charge in [-0.05, 0) is 31.2 Å². The van der Waals surface area contributed by atoms with Crippen molar-refractivity contribution in [3.63, 3.8) is 0 Å². The lowest BCUT2D eigenvalue weighted by Gasteiger charge is -2.44. The number of hydrogen-bond donors (Lipinski definition) is 3. The van der Waals surface area contributed by atoms with Gasteiger partial charge in [0, 0.05) is 0 Å². The van der Waals surface area contributed by atoms with E-state index >= 15 is 0 Å². The smallest absolute Gasteiger partial charge is 0.322 e. The summed E-state index contributed by atoms with van der Waals surface area (Å²) >= 11 is 0. The van der Waals surface area contributed by atoms with Gasteiger partial charge in [0.1, 0.15) is 6.04 Å². The average Bonchev–Trinajstić information content (AvgIpc) is 2.63. The molecule has 2 rings (SSSR count). The maximum Gasteiger partial charge on any atom is 0.322 e. The minimum atomic E-state index is -2.41. The van der Waals surface area contributed by atoms with Crippen molar-refractivity contribution in [2.75, 3.05) is 18.1 Å². The lowest BCUT2D eigenvalue weighted by atomic mass is 10.3. The third-order valence-corrected chi connectivity index (χ3v) is 6.16. The van der Waals surface area contributed by atoms with Crippen LogP contribution >= 0.6 is 10.6 Å². The van der Waals surface area contributed by atoms with Crippen molar-refractivity contribution in [3.8, 4) is 11.5 Å². The highest BCUT2D eigenvalue weighted by Gasteiger charge is 2.30. The zero-order chi connectivity index (χ0) is 19.7. The van der Waals surface area contributed by atoms with Crippen LogP contribution in [0.25, 0.3) is 0 Å². The molecule has 0 unspecified atom stereocenters. The predicted molar refractivity (Wildman–Crippen MR) is 109 cm³/mol. The number of carboxylic acid groups (broad SMARTS) is 1. The molecule has 27 heavy (non-hydrogen) atoms. The van der Waals surface area contributed by atoms with Gasteiger partial charge in [-0.1, -0.05) is 36.4 Å². The van der Waals surface area contributed by atoms with Gasteiger partial charge in [-0.3, -0.25) is 9.79 Å². The Morgan fingerprint density at radius 2 is 1.56 bits per heavy atom. The van der Waals surface area contributed by atoms with Crippen LogP contribution < -0.4 is 19.8 Å². The van der Waals surface area contributed by atoms with Crippen LogP contribution in [0.5, 0.6) is 11.5 Å². The predicted octanol–water partition coefficient (Wildman–Crippen LogP) is 2.57. The molecular formula is C19H25N3O4S. The van der Waals surface area contributed by atoms with E-state index in [4.69, 9.17) is 19.8 Å². The minimum absolute atomic E-state index is 0.0191. The third-order valence-electron chi connectivity index (χ3n) is 3.50. The number of hydrogen-bond acceptors (Lipinski definition) is 5. The number of benzene rings is 2. The Labute approximate surface area is 160 Å². The van der Waals surface area contributed by atoms with Crippen LogP contribution in [0.3, 0.4) is 0 Å². The van der Waals surface area contributed by atoms with Gasteiger partial charge in [0.2, 0.25) is 0 Å². The summed E-state index contributed by atoms with van der Waals surface area (Å²) in [6.07, 6.45) is 0. The number of rotatable bonds is 10. The molecule has 1 atom stereocenters. The number of carbonyl (C=O) groups is 1. The van der Waals surface area contributed by atoms with E-state index in [2.05, 4.69) is 4.99 Å². The quantitative estimate of drug-likeness (QED) is 0.423. The summed E-state index contributed by atoms with van der Waals surface area (Å²) in [5.41, 5.74) is 11.5. The summed E-state index contributed by atoms with van der Waals surface area (Å²) in [5.74, 6) is 0.852. The molecule has 0 saturated heterocycles. The minimum Gasteiger partial charge on any atom is -0.480 e. The molecule has 2 aromatic carbocycles. The maximum absolute atomic E-state index is 11.4. The monoisotopic (exact) mass is 391 g/mol. The molecule has 7 nitrogen and oxygen atoms in total. The molecule has 8 heteroatoms. The van der Waals surface area contributed by atoms with Crippen LogP contribution in [0.15, 0.2) is 65.7 Å². The van der Waals surface area contributed by atoms with E-state index in [1.54, 1.807) is 31.2 Å². The van der Waals surface area contributed by atoms with Crippen molar-refractivity contribution in [1.82, 2.24) is 0 Å². The van der Waals surface area contributed by atoms with E-state index in [1.165, 1.54) is 0 Å². The number of nitrogens with zero attached hydrogens (tertiary/aromatic N) is 1. The number of amidine groups is 1. The number of carboxylic acids is 1. The van der Waals surface area contributed by atoms with Crippen molar-refractivity contribution >= 4 is 22.4 Å². The molecule has 0 aliphatic rings. The molecule has 146 valence electrons. The van der Waals surface area contributed by atoms with E-state index in [9.17, 15) is 9.90 Å². The molecule has 0 aromatic heterocycles. The summed E-state index contributed by atoms with van der Waals surface area (Å²) < 4.78 is 12.4. The Kier molecular flexibility index (Phi) is 7.51. The van der Waals surface area contributed by atoms with Gasteiger partial charge in [-0.25, -0.2) is 0 Å². The fourth-order valence-electron chi connectivity index (χ4n) is 2.26. The first-order chi connectivity index (χ1) is 12.9. The lowest BCUT2D eigenvalue weighted by Crippen LogP contribution is -2.40. The van der Waals surface area contributed by atoms with Crippen molar-refractivity contribution in [3.05, 3.63) is 60.7 Å². The molecule has 0 heterocycles. The second-order valence-electron chi connectivity index (χ2n) is 5.87. The van der Waals surface area contributed by atoms with Crippen LogP contribution in [0, 0.1) is 0 Å². The lowest BCUT2D eigenvalue weighted by molar-refractivity contribution is -0.138. The molecule has 0 aliphatic carbocycles. The molecule has 0 aliphatic heterocycles. The first kappa shape index (κ1) is 20.6. The summed E-state index contributed by atoms with van der Waals surface area (Å²) in [4.78, 5) is 15.6. The maximum atomic E-state index is 11.4. The zero-order valence-corrected chi connectivity index (χ0v) is 16.0. The molecule has 2 aromatic rings. The average molecular weight is 391 g/mol. The standard InChI is InChI=1S/C19H25N3O4S/c1-15(20)22-12-13-27(14-18(21)19(23)24,25-16-8-4-2-5-9-16)26-17-10-6-3-7-11-17/h2-11,18H,12-14,21H2,1H3,(H2,20,22)(H,23,24)/t18-/m0/s1. The van der Waals surface area contributed by atoms with E-state index in [0.717, 1.165) is 0 Å². The molecule has 0 spiro atoms.